The molecule has 0 aliphatic rings. The molecule has 0 unspecified atom stereocenters. The quantitative estimate of drug-likeness (QED) is 0.849. The van der Waals surface area contributed by atoms with E-state index in [1.54, 1.807) is 20.8 Å². The van der Waals surface area contributed by atoms with Crippen LogP contribution in [0.2, 0.25) is 0 Å². The molecule has 2 rings (SSSR count). The minimum atomic E-state index is -0.964. The number of hydrogen-bond acceptors (Lipinski definition) is 4. The Morgan fingerprint density at radius 3 is 2.46 bits per heavy atom. The smallest absolute Gasteiger partial charge is 0.305 e. The zero-order chi connectivity index (χ0) is 17.9. The van der Waals surface area contributed by atoms with E-state index in [0.717, 1.165) is 16.7 Å². The van der Waals surface area contributed by atoms with Crippen LogP contribution in [0, 0.1) is 20.8 Å². The summed E-state index contributed by atoms with van der Waals surface area (Å²) in [5.41, 5.74) is 3.15. The first kappa shape index (κ1) is 17.7. The summed E-state index contributed by atoms with van der Waals surface area (Å²) in [7, 11) is 0. The van der Waals surface area contributed by atoms with E-state index in [1.165, 1.54) is 0 Å². The van der Waals surface area contributed by atoms with E-state index in [9.17, 15) is 14.7 Å². The maximum atomic E-state index is 12.6. The molecular weight excluding hydrogens is 308 g/mol. The summed E-state index contributed by atoms with van der Waals surface area (Å²) in [6, 6.07) is 6.86. The molecule has 0 aliphatic carbocycles. The fraction of sp³-hybridized carbons (Fsp3) is 0.389. The number of carbonyl (C=O) groups excluding carboxylic acids is 1. The van der Waals surface area contributed by atoms with Gasteiger partial charge in [0.1, 0.15) is 5.76 Å². The van der Waals surface area contributed by atoms with Crippen LogP contribution in [0.5, 0.6) is 0 Å². The number of nitrogens with zero attached hydrogens (tertiary/aromatic N) is 1. The molecule has 0 radical (unpaired) electrons. The van der Waals surface area contributed by atoms with Gasteiger partial charge in [-0.3, -0.25) is 9.59 Å². The number of hydrogen-bond donors (Lipinski definition) is 2. The van der Waals surface area contributed by atoms with Gasteiger partial charge in [0.25, 0.3) is 0 Å². The molecule has 128 valence electrons. The van der Waals surface area contributed by atoms with Gasteiger partial charge in [0.15, 0.2) is 0 Å². The maximum absolute atomic E-state index is 12.6. The molecule has 2 atom stereocenters. The third-order valence-electron chi connectivity index (χ3n) is 4.17. The largest absolute Gasteiger partial charge is 0.481 e. The van der Waals surface area contributed by atoms with Crippen molar-refractivity contribution in [2.45, 2.75) is 46.1 Å². The van der Waals surface area contributed by atoms with Crippen molar-refractivity contribution >= 4 is 11.9 Å². The number of aliphatic carboxylic acids is 1. The molecule has 6 nitrogen and oxygen atoms in total. The lowest BCUT2D eigenvalue weighted by Gasteiger charge is -2.21. The highest BCUT2D eigenvalue weighted by molar-refractivity contribution is 5.84. The van der Waals surface area contributed by atoms with Gasteiger partial charge in [0.05, 0.1) is 24.1 Å². The Balaban J connectivity index is 2.25. The van der Waals surface area contributed by atoms with Crippen LogP contribution in [0.1, 0.15) is 53.4 Å². The Morgan fingerprint density at radius 1 is 1.25 bits per heavy atom. The van der Waals surface area contributed by atoms with Crippen LogP contribution in [0.3, 0.4) is 0 Å². The van der Waals surface area contributed by atoms with Crippen molar-refractivity contribution in [3.05, 3.63) is 52.4 Å². The Bertz CT molecular complexity index is 732. The molecule has 2 N–H and O–H groups in total. The van der Waals surface area contributed by atoms with Crippen LogP contribution in [0.4, 0.5) is 0 Å². The van der Waals surface area contributed by atoms with Gasteiger partial charge >= 0.3 is 5.97 Å². The summed E-state index contributed by atoms with van der Waals surface area (Å²) in [6.45, 7) is 7.20. The number of amides is 1. The normalized spacial score (nSPS) is 13.3. The minimum Gasteiger partial charge on any atom is -0.481 e. The van der Waals surface area contributed by atoms with Gasteiger partial charge in [-0.2, -0.15) is 0 Å². The lowest BCUT2D eigenvalue weighted by Crippen LogP contribution is -2.34. The predicted molar refractivity (Wildman–Crippen MR) is 88.7 cm³/mol. The lowest BCUT2D eigenvalue weighted by molar-refractivity contribution is -0.137. The summed E-state index contributed by atoms with van der Waals surface area (Å²) >= 11 is 0. The van der Waals surface area contributed by atoms with E-state index in [4.69, 9.17) is 4.52 Å². The Hall–Kier alpha value is -2.63. The van der Waals surface area contributed by atoms with Crippen LogP contribution in [0.15, 0.2) is 28.8 Å². The van der Waals surface area contributed by atoms with Crippen LogP contribution in [-0.4, -0.2) is 22.1 Å². The fourth-order valence-corrected chi connectivity index (χ4v) is 2.93. The van der Waals surface area contributed by atoms with Gasteiger partial charge in [0.2, 0.25) is 5.91 Å². The zero-order valence-electron chi connectivity index (χ0n) is 14.3. The van der Waals surface area contributed by atoms with E-state index >= 15 is 0 Å². The van der Waals surface area contributed by atoms with E-state index in [0.29, 0.717) is 11.5 Å². The summed E-state index contributed by atoms with van der Waals surface area (Å²) in [5.74, 6) is -1.09. The monoisotopic (exact) mass is 330 g/mol. The summed E-state index contributed by atoms with van der Waals surface area (Å²) in [6.07, 6.45) is -0.176. The van der Waals surface area contributed by atoms with E-state index in [1.807, 2.05) is 31.2 Å². The molecule has 1 aromatic heterocycles. The van der Waals surface area contributed by atoms with Crippen molar-refractivity contribution in [2.75, 3.05) is 0 Å². The molecule has 6 heteroatoms. The van der Waals surface area contributed by atoms with Crippen molar-refractivity contribution in [3.63, 3.8) is 0 Å². The number of benzene rings is 1. The number of rotatable bonds is 6. The number of carboxylic acids is 1. The molecule has 0 saturated heterocycles. The first-order chi connectivity index (χ1) is 11.3. The third-order valence-corrected chi connectivity index (χ3v) is 4.17. The van der Waals surface area contributed by atoms with Gasteiger partial charge in [-0.25, -0.2) is 0 Å². The third kappa shape index (κ3) is 3.82. The highest BCUT2D eigenvalue weighted by atomic mass is 16.5. The Labute approximate surface area is 140 Å². The van der Waals surface area contributed by atoms with Crippen molar-refractivity contribution in [3.8, 4) is 0 Å². The second-order valence-electron chi connectivity index (χ2n) is 5.98. The number of aryl methyl sites for hydroxylation is 3. The molecule has 24 heavy (non-hydrogen) atoms. The minimum absolute atomic E-state index is 0.176. The van der Waals surface area contributed by atoms with Crippen molar-refractivity contribution in [2.24, 2.45) is 0 Å². The average molecular weight is 330 g/mol. The first-order valence-electron chi connectivity index (χ1n) is 7.81. The Morgan fingerprint density at radius 2 is 1.92 bits per heavy atom. The van der Waals surface area contributed by atoms with Crippen LogP contribution in [-0.2, 0) is 9.59 Å². The van der Waals surface area contributed by atoms with E-state index in [2.05, 4.69) is 10.5 Å². The molecule has 0 bridgehead atoms. The molecule has 1 aromatic carbocycles. The zero-order valence-corrected chi connectivity index (χ0v) is 14.3. The second kappa shape index (κ2) is 7.29. The van der Waals surface area contributed by atoms with E-state index in [-0.39, 0.29) is 12.3 Å². The number of carboxylic acid groups (broad SMARTS) is 1. The van der Waals surface area contributed by atoms with Crippen molar-refractivity contribution < 1.29 is 19.2 Å². The molecule has 0 spiro atoms. The van der Waals surface area contributed by atoms with Gasteiger partial charge in [-0.1, -0.05) is 29.4 Å². The summed E-state index contributed by atoms with van der Waals surface area (Å²) < 4.78 is 5.12. The van der Waals surface area contributed by atoms with Crippen LogP contribution in [0.25, 0.3) is 0 Å². The van der Waals surface area contributed by atoms with E-state index < -0.39 is 17.9 Å². The molecule has 1 amide bonds. The maximum Gasteiger partial charge on any atom is 0.305 e. The van der Waals surface area contributed by atoms with Crippen molar-refractivity contribution in [1.82, 2.24) is 10.5 Å². The fourth-order valence-electron chi connectivity index (χ4n) is 2.93. The number of aromatic nitrogens is 1. The molecular formula is C18H22N2O4. The standard InChI is InChI=1S/C18H22N2O4/c1-10-7-5-6-8-14(10)15(9-16(21)22)19-18(23)11(2)17-12(3)20-24-13(17)4/h5-8,11,15H,9H2,1-4H3,(H,19,23)(H,21,22)/t11-,15+/m1/s1. The van der Waals surface area contributed by atoms with Crippen LogP contribution < -0.4 is 5.32 Å². The first-order valence-corrected chi connectivity index (χ1v) is 7.81. The highest BCUT2D eigenvalue weighted by Gasteiger charge is 2.26. The SMILES string of the molecule is Cc1ccccc1[C@H](CC(=O)O)NC(=O)[C@H](C)c1c(C)noc1C. The van der Waals surface area contributed by atoms with Crippen LogP contribution >= 0.6 is 0 Å². The van der Waals surface area contributed by atoms with Gasteiger partial charge < -0.3 is 14.9 Å². The second-order valence-corrected chi connectivity index (χ2v) is 5.98. The molecule has 0 aliphatic heterocycles. The van der Waals surface area contributed by atoms with Gasteiger partial charge in [0, 0.05) is 5.56 Å². The van der Waals surface area contributed by atoms with Gasteiger partial charge in [-0.05, 0) is 38.8 Å². The Kier molecular flexibility index (Phi) is 5.39. The summed E-state index contributed by atoms with van der Waals surface area (Å²) in [4.78, 5) is 23.9. The molecule has 1 heterocycles. The topological polar surface area (TPSA) is 92.4 Å². The lowest BCUT2D eigenvalue weighted by atomic mass is 9.95. The summed E-state index contributed by atoms with van der Waals surface area (Å²) in [5, 5.41) is 15.9. The van der Waals surface area contributed by atoms with Crippen molar-refractivity contribution in [1.29, 1.82) is 0 Å². The molecule has 0 fully saturated rings. The molecule has 2 aromatic rings. The predicted octanol–water partition coefficient (Wildman–Crippen LogP) is 3.04. The number of carbonyl (C=O) groups is 2. The highest BCUT2D eigenvalue weighted by Crippen LogP contribution is 2.26. The average Bonchev–Trinajstić information content (AvgIpc) is 2.85. The number of nitrogens with one attached hydrogen (secondary N) is 1. The van der Waals surface area contributed by atoms with Gasteiger partial charge in [-0.15, -0.1) is 0 Å². The molecule has 0 saturated carbocycles.